The third kappa shape index (κ3) is 16.1. The van der Waals surface area contributed by atoms with Crippen LogP contribution in [-0.2, 0) is 48.9 Å². The van der Waals surface area contributed by atoms with Crippen LogP contribution in [0.5, 0.6) is 0 Å². The van der Waals surface area contributed by atoms with Crippen molar-refractivity contribution in [1.29, 1.82) is 0 Å². The second kappa shape index (κ2) is 22.6. The Morgan fingerprint density at radius 1 is 0.327 bits per heavy atom. The van der Waals surface area contributed by atoms with Crippen LogP contribution in [0.15, 0.2) is 194 Å². The summed E-state index contributed by atoms with van der Waals surface area (Å²) >= 11 is 0. The molecule has 0 fully saturated rings. The first-order valence-electron chi connectivity index (χ1n) is 17.2. The van der Waals surface area contributed by atoms with Crippen LogP contribution < -0.4 is 0 Å². The molecule has 0 aliphatic rings. The quantitative estimate of drug-likeness (QED) is 0.111. The van der Waals surface area contributed by atoms with Crippen LogP contribution in [0.3, 0.4) is 0 Å². The molecule has 0 aromatic heterocycles. The summed E-state index contributed by atoms with van der Waals surface area (Å²) in [6.45, 7) is 5.78. The summed E-state index contributed by atoms with van der Waals surface area (Å²) in [6.07, 6.45) is 1.12. The van der Waals surface area contributed by atoms with Gasteiger partial charge in [-0.05, 0) is 33.4 Å². The van der Waals surface area contributed by atoms with Crippen LogP contribution in [0.25, 0.3) is 0 Å². The first-order chi connectivity index (χ1) is 25.4. The van der Waals surface area contributed by atoms with E-state index >= 15 is 0 Å². The SMILES string of the molecule is O=C(O)/C=C/C(=O)O.c1ccc(CN(Cc2ccccc2)Cc2ccccc2)cc1.c1ccc(CN(Cc2ccccc2)Cc2ccccc2)cc1. The van der Waals surface area contributed by atoms with E-state index < -0.39 is 11.9 Å². The van der Waals surface area contributed by atoms with Crippen LogP contribution >= 0.6 is 0 Å². The minimum absolute atomic E-state index is 0.558. The Hall–Kier alpha value is -6.08. The monoisotopic (exact) mass is 690 g/mol. The molecular weight excluding hydrogens is 645 g/mol. The van der Waals surface area contributed by atoms with Gasteiger partial charge in [0.15, 0.2) is 0 Å². The van der Waals surface area contributed by atoms with Crippen LogP contribution in [0.1, 0.15) is 33.4 Å². The van der Waals surface area contributed by atoms with Crippen molar-refractivity contribution in [3.63, 3.8) is 0 Å². The summed E-state index contributed by atoms with van der Waals surface area (Å²) < 4.78 is 0. The number of carbonyl (C=O) groups is 2. The first-order valence-corrected chi connectivity index (χ1v) is 17.2. The Balaban J connectivity index is 0.000000193. The molecule has 0 atom stereocenters. The maximum absolute atomic E-state index is 9.55. The second-order valence-electron chi connectivity index (χ2n) is 12.2. The molecule has 0 spiro atoms. The van der Waals surface area contributed by atoms with Crippen molar-refractivity contribution in [3.8, 4) is 0 Å². The van der Waals surface area contributed by atoms with E-state index in [-0.39, 0.29) is 0 Å². The highest BCUT2D eigenvalue weighted by Crippen LogP contribution is 2.15. The Bertz CT molecular complexity index is 1530. The Morgan fingerprint density at radius 3 is 0.615 bits per heavy atom. The largest absolute Gasteiger partial charge is 0.478 e. The molecule has 0 heterocycles. The molecule has 0 amide bonds. The van der Waals surface area contributed by atoms with Crippen molar-refractivity contribution < 1.29 is 19.8 Å². The lowest BCUT2D eigenvalue weighted by molar-refractivity contribution is -0.134. The van der Waals surface area contributed by atoms with Crippen molar-refractivity contribution in [1.82, 2.24) is 9.80 Å². The molecule has 6 aromatic carbocycles. The molecule has 0 bridgehead atoms. The third-order valence-corrected chi connectivity index (χ3v) is 7.86. The lowest BCUT2D eigenvalue weighted by Gasteiger charge is -2.23. The van der Waals surface area contributed by atoms with Gasteiger partial charge in [0.1, 0.15) is 0 Å². The van der Waals surface area contributed by atoms with Crippen LogP contribution in [0.4, 0.5) is 0 Å². The van der Waals surface area contributed by atoms with Gasteiger partial charge in [-0.3, -0.25) is 9.80 Å². The van der Waals surface area contributed by atoms with Gasteiger partial charge >= 0.3 is 11.9 Å². The van der Waals surface area contributed by atoms with E-state index in [0.717, 1.165) is 39.3 Å². The molecule has 6 aromatic rings. The molecule has 0 unspecified atom stereocenters. The highest BCUT2D eigenvalue weighted by Gasteiger charge is 2.09. The summed E-state index contributed by atoms with van der Waals surface area (Å²) in [5, 5.41) is 15.6. The fraction of sp³-hybridized carbons (Fsp3) is 0.130. The predicted molar refractivity (Wildman–Crippen MR) is 209 cm³/mol. The van der Waals surface area contributed by atoms with E-state index in [1.807, 2.05) is 0 Å². The van der Waals surface area contributed by atoms with Gasteiger partial charge in [-0.2, -0.15) is 0 Å². The third-order valence-electron chi connectivity index (χ3n) is 7.86. The van der Waals surface area contributed by atoms with Gasteiger partial charge in [0.25, 0.3) is 0 Å². The molecule has 0 aliphatic heterocycles. The number of rotatable bonds is 14. The predicted octanol–water partition coefficient (Wildman–Crippen LogP) is 9.49. The molecule has 264 valence electrons. The first kappa shape index (κ1) is 38.7. The second-order valence-corrected chi connectivity index (χ2v) is 12.2. The summed E-state index contributed by atoms with van der Waals surface area (Å²) in [4.78, 5) is 24.1. The normalized spacial score (nSPS) is 10.6. The van der Waals surface area contributed by atoms with E-state index in [1.165, 1.54) is 33.4 Å². The summed E-state index contributed by atoms with van der Waals surface area (Å²) in [7, 11) is 0. The molecular formula is C46H46N2O4. The van der Waals surface area contributed by atoms with Crippen molar-refractivity contribution in [2.75, 3.05) is 0 Å². The molecule has 0 radical (unpaired) electrons. The summed E-state index contributed by atoms with van der Waals surface area (Å²) in [5.74, 6) is -2.51. The zero-order valence-corrected chi connectivity index (χ0v) is 29.3. The number of aliphatic carboxylic acids is 2. The Morgan fingerprint density at radius 2 is 0.481 bits per heavy atom. The number of carboxylic acids is 2. The van der Waals surface area contributed by atoms with E-state index in [0.29, 0.717) is 12.2 Å². The van der Waals surface area contributed by atoms with Crippen molar-refractivity contribution in [2.45, 2.75) is 39.3 Å². The number of hydrogen-bond acceptors (Lipinski definition) is 4. The van der Waals surface area contributed by atoms with Gasteiger partial charge < -0.3 is 10.2 Å². The molecule has 52 heavy (non-hydrogen) atoms. The van der Waals surface area contributed by atoms with Gasteiger partial charge in [-0.25, -0.2) is 9.59 Å². The van der Waals surface area contributed by atoms with E-state index in [9.17, 15) is 9.59 Å². The molecule has 0 saturated heterocycles. The van der Waals surface area contributed by atoms with E-state index in [4.69, 9.17) is 10.2 Å². The van der Waals surface area contributed by atoms with Gasteiger partial charge in [0.2, 0.25) is 0 Å². The fourth-order valence-corrected chi connectivity index (χ4v) is 5.53. The minimum atomic E-state index is -1.26. The molecule has 6 heteroatoms. The Labute approximate surface area is 307 Å². The topological polar surface area (TPSA) is 81.1 Å². The standard InChI is InChI=1S/2C21H21N.C4H4O4/c2*1-4-10-19(11-5-1)16-22(17-20-12-6-2-7-13-20)18-21-14-8-3-9-15-21;5-3(6)1-2-4(7)8/h2*1-15H,16-18H2;1-2H,(H,5,6)(H,7,8)/b;;2-1+. The molecule has 0 saturated carbocycles. The fourth-order valence-electron chi connectivity index (χ4n) is 5.53. The van der Waals surface area contributed by atoms with Crippen molar-refractivity contribution in [3.05, 3.63) is 228 Å². The summed E-state index contributed by atoms with van der Waals surface area (Å²) in [5.41, 5.74) is 8.14. The highest BCUT2D eigenvalue weighted by atomic mass is 16.4. The van der Waals surface area contributed by atoms with E-state index in [2.05, 4.69) is 192 Å². The average Bonchev–Trinajstić information content (AvgIpc) is 3.17. The number of hydrogen-bond donors (Lipinski definition) is 2. The van der Waals surface area contributed by atoms with E-state index in [1.54, 1.807) is 0 Å². The minimum Gasteiger partial charge on any atom is -0.478 e. The lowest BCUT2D eigenvalue weighted by Crippen LogP contribution is -2.22. The van der Waals surface area contributed by atoms with Gasteiger partial charge in [0.05, 0.1) is 0 Å². The Kier molecular flexibility index (Phi) is 16.8. The zero-order chi connectivity index (χ0) is 36.6. The maximum atomic E-state index is 9.55. The number of benzene rings is 6. The van der Waals surface area contributed by atoms with Crippen LogP contribution in [0, 0.1) is 0 Å². The summed E-state index contributed by atoms with van der Waals surface area (Å²) in [6, 6.07) is 64.1. The molecule has 2 N–H and O–H groups in total. The smallest absolute Gasteiger partial charge is 0.328 e. The average molecular weight is 691 g/mol. The lowest BCUT2D eigenvalue weighted by atomic mass is 10.1. The highest BCUT2D eigenvalue weighted by molar-refractivity contribution is 5.89. The maximum Gasteiger partial charge on any atom is 0.328 e. The molecule has 6 nitrogen and oxygen atoms in total. The number of nitrogens with zero attached hydrogens (tertiary/aromatic N) is 2. The van der Waals surface area contributed by atoms with Gasteiger partial charge in [0, 0.05) is 51.4 Å². The van der Waals surface area contributed by atoms with Gasteiger partial charge in [-0.1, -0.05) is 182 Å². The van der Waals surface area contributed by atoms with Crippen LogP contribution in [0.2, 0.25) is 0 Å². The van der Waals surface area contributed by atoms with Gasteiger partial charge in [-0.15, -0.1) is 0 Å². The van der Waals surface area contributed by atoms with Crippen LogP contribution in [-0.4, -0.2) is 32.0 Å². The molecule has 6 rings (SSSR count). The van der Waals surface area contributed by atoms with Crippen molar-refractivity contribution >= 4 is 11.9 Å². The molecule has 0 aliphatic carbocycles. The van der Waals surface area contributed by atoms with Crippen molar-refractivity contribution in [2.24, 2.45) is 0 Å². The zero-order valence-electron chi connectivity index (χ0n) is 29.3. The number of carboxylic acid groups (broad SMARTS) is 2.